The molecular formula is C15H19N. The molecule has 0 radical (unpaired) electrons. The molecule has 84 valence electrons. The number of rotatable bonds is 1. The van der Waals surface area contributed by atoms with E-state index in [1.54, 1.807) is 0 Å². The van der Waals surface area contributed by atoms with E-state index < -0.39 is 0 Å². The molecule has 0 bridgehead atoms. The molecule has 1 aliphatic rings. The van der Waals surface area contributed by atoms with Crippen LogP contribution in [0.25, 0.3) is 0 Å². The van der Waals surface area contributed by atoms with Crippen molar-refractivity contribution < 1.29 is 0 Å². The lowest BCUT2D eigenvalue weighted by molar-refractivity contribution is 0.259. The van der Waals surface area contributed by atoms with Crippen molar-refractivity contribution in [3.8, 4) is 0 Å². The second kappa shape index (κ2) is 3.82. The van der Waals surface area contributed by atoms with Crippen LogP contribution in [0.15, 0.2) is 48.2 Å². The van der Waals surface area contributed by atoms with Crippen LogP contribution in [-0.4, -0.2) is 11.9 Å². The van der Waals surface area contributed by atoms with Crippen molar-refractivity contribution in [1.82, 2.24) is 4.90 Å². The molecule has 1 atom stereocenters. The second-order valence-electron chi connectivity index (χ2n) is 4.78. The number of allylic oxidation sites excluding steroid dienone is 2. The molecule has 0 aromatic heterocycles. The Balaban J connectivity index is 2.54. The molecule has 0 N–H and O–H groups in total. The molecule has 0 fully saturated rings. The molecule has 1 aromatic rings. The van der Waals surface area contributed by atoms with Gasteiger partial charge in [0.05, 0.1) is 5.54 Å². The average molecular weight is 213 g/mol. The molecule has 0 spiro atoms. The van der Waals surface area contributed by atoms with Gasteiger partial charge in [0, 0.05) is 13.2 Å². The van der Waals surface area contributed by atoms with Crippen LogP contribution in [0.3, 0.4) is 0 Å². The van der Waals surface area contributed by atoms with Gasteiger partial charge in [-0.05, 0) is 38.0 Å². The van der Waals surface area contributed by atoms with Gasteiger partial charge in [-0.3, -0.25) is 0 Å². The third kappa shape index (κ3) is 1.67. The lowest BCUT2D eigenvalue weighted by Crippen LogP contribution is -2.38. The molecule has 0 aliphatic carbocycles. The normalized spacial score (nSPS) is 24.5. The Kier molecular flexibility index (Phi) is 2.63. The smallest absolute Gasteiger partial charge is 0.0808 e. The maximum Gasteiger partial charge on any atom is 0.0808 e. The third-order valence-corrected chi connectivity index (χ3v) is 3.49. The van der Waals surface area contributed by atoms with Crippen molar-refractivity contribution >= 4 is 0 Å². The summed E-state index contributed by atoms with van der Waals surface area (Å²) in [5, 5.41) is 0. The fourth-order valence-electron chi connectivity index (χ4n) is 2.39. The van der Waals surface area contributed by atoms with Gasteiger partial charge in [0.15, 0.2) is 0 Å². The number of nitrogens with zero attached hydrogens (tertiary/aromatic N) is 1. The predicted molar refractivity (Wildman–Crippen MR) is 69.2 cm³/mol. The Morgan fingerprint density at radius 1 is 1.12 bits per heavy atom. The molecule has 0 saturated carbocycles. The summed E-state index contributed by atoms with van der Waals surface area (Å²) in [6, 6.07) is 8.60. The van der Waals surface area contributed by atoms with E-state index in [1.807, 2.05) is 0 Å². The van der Waals surface area contributed by atoms with Crippen molar-refractivity contribution in [2.24, 2.45) is 0 Å². The number of benzene rings is 1. The van der Waals surface area contributed by atoms with Gasteiger partial charge in [-0.15, -0.1) is 0 Å². The van der Waals surface area contributed by atoms with Crippen molar-refractivity contribution in [2.75, 3.05) is 7.05 Å². The van der Waals surface area contributed by atoms with Crippen LogP contribution >= 0.6 is 0 Å². The number of hydrogen-bond acceptors (Lipinski definition) is 1. The lowest BCUT2D eigenvalue weighted by atomic mass is 9.84. The van der Waals surface area contributed by atoms with E-state index in [4.69, 9.17) is 0 Å². The van der Waals surface area contributed by atoms with Crippen LogP contribution in [0.2, 0.25) is 0 Å². The van der Waals surface area contributed by atoms with Gasteiger partial charge >= 0.3 is 0 Å². The monoisotopic (exact) mass is 213 g/mol. The first-order valence-corrected chi connectivity index (χ1v) is 5.71. The summed E-state index contributed by atoms with van der Waals surface area (Å²) in [6.07, 6.45) is 6.64. The Morgan fingerprint density at radius 3 is 2.50 bits per heavy atom. The Bertz CT molecular complexity index is 456. The maximum absolute atomic E-state index is 2.33. The Labute approximate surface area is 98.1 Å². The van der Waals surface area contributed by atoms with E-state index in [9.17, 15) is 0 Å². The first-order chi connectivity index (χ1) is 7.54. The molecule has 1 heterocycles. The number of hydrogen-bond donors (Lipinski definition) is 0. The molecule has 1 nitrogen and oxygen atoms in total. The molecule has 1 aromatic carbocycles. The average Bonchev–Trinajstić information content (AvgIpc) is 2.24. The zero-order valence-electron chi connectivity index (χ0n) is 10.5. The highest BCUT2D eigenvalue weighted by Gasteiger charge is 2.30. The highest BCUT2D eigenvalue weighted by Crippen LogP contribution is 2.34. The largest absolute Gasteiger partial charge is 0.368 e. The Morgan fingerprint density at radius 2 is 1.81 bits per heavy atom. The summed E-state index contributed by atoms with van der Waals surface area (Å²) in [5.74, 6) is 0. The minimum Gasteiger partial charge on any atom is -0.368 e. The summed E-state index contributed by atoms with van der Waals surface area (Å²) in [6.45, 7) is 6.60. The van der Waals surface area contributed by atoms with Gasteiger partial charge in [-0.1, -0.05) is 35.9 Å². The highest BCUT2D eigenvalue weighted by molar-refractivity contribution is 5.40. The molecule has 16 heavy (non-hydrogen) atoms. The summed E-state index contributed by atoms with van der Waals surface area (Å²) in [4.78, 5) is 2.27. The highest BCUT2D eigenvalue weighted by atomic mass is 15.2. The van der Waals surface area contributed by atoms with E-state index in [2.05, 4.69) is 75.3 Å². The lowest BCUT2D eigenvalue weighted by Gasteiger charge is -2.40. The second-order valence-corrected chi connectivity index (χ2v) is 4.78. The van der Waals surface area contributed by atoms with Crippen molar-refractivity contribution in [1.29, 1.82) is 0 Å². The molecule has 2 rings (SSSR count). The van der Waals surface area contributed by atoms with Crippen molar-refractivity contribution in [2.45, 2.75) is 26.3 Å². The van der Waals surface area contributed by atoms with E-state index in [-0.39, 0.29) is 5.54 Å². The Hall–Kier alpha value is -1.50. The maximum atomic E-state index is 2.33. The quantitative estimate of drug-likeness (QED) is 0.688. The fraction of sp³-hybridized carbons (Fsp3) is 0.333. The van der Waals surface area contributed by atoms with E-state index in [1.165, 1.54) is 16.7 Å². The van der Waals surface area contributed by atoms with Crippen LogP contribution in [-0.2, 0) is 5.54 Å². The fourth-order valence-corrected chi connectivity index (χ4v) is 2.39. The van der Waals surface area contributed by atoms with Gasteiger partial charge < -0.3 is 4.90 Å². The van der Waals surface area contributed by atoms with Crippen LogP contribution in [0.1, 0.15) is 25.0 Å². The summed E-state index contributed by atoms with van der Waals surface area (Å²) in [5.41, 5.74) is 4.02. The molecule has 1 unspecified atom stereocenters. The minimum atomic E-state index is -0.0236. The summed E-state index contributed by atoms with van der Waals surface area (Å²) < 4.78 is 0. The SMILES string of the molecule is CC1=CC(C)(c2ccccc2C)N(C)C=C1. The van der Waals surface area contributed by atoms with Crippen LogP contribution in [0.4, 0.5) is 0 Å². The molecule has 1 heteroatoms. The number of aryl methyl sites for hydroxylation is 1. The van der Waals surface area contributed by atoms with Crippen molar-refractivity contribution in [3.05, 3.63) is 59.3 Å². The van der Waals surface area contributed by atoms with E-state index in [0.717, 1.165) is 0 Å². The molecule has 0 saturated heterocycles. The van der Waals surface area contributed by atoms with Crippen LogP contribution < -0.4 is 0 Å². The standard InChI is InChI=1S/C15H19N/c1-12-9-10-16(4)15(3,11-12)14-8-6-5-7-13(14)2/h5-11H,1-4H3. The third-order valence-electron chi connectivity index (χ3n) is 3.49. The predicted octanol–water partition coefficient (Wildman–Crippen LogP) is 3.62. The first kappa shape index (κ1) is 11.0. The molecule has 1 aliphatic heterocycles. The van der Waals surface area contributed by atoms with Gasteiger partial charge in [-0.2, -0.15) is 0 Å². The summed E-state index contributed by atoms with van der Waals surface area (Å²) >= 11 is 0. The van der Waals surface area contributed by atoms with Gasteiger partial charge in [-0.25, -0.2) is 0 Å². The number of likely N-dealkylation sites (N-methyl/N-ethyl adjacent to an activating group) is 1. The minimum absolute atomic E-state index is 0.0236. The van der Waals surface area contributed by atoms with E-state index in [0.29, 0.717) is 0 Å². The summed E-state index contributed by atoms with van der Waals surface area (Å²) in [7, 11) is 2.13. The first-order valence-electron chi connectivity index (χ1n) is 5.71. The topological polar surface area (TPSA) is 3.24 Å². The van der Waals surface area contributed by atoms with Crippen molar-refractivity contribution in [3.63, 3.8) is 0 Å². The molecular weight excluding hydrogens is 194 g/mol. The van der Waals surface area contributed by atoms with Gasteiger partial charge in [0.25, 0.3) is 0 Å². The van der Waals surface area contributed by atoms with Crippen LogP contribution in [0, 0.1) is 6.92 Å². The van der Waals surface area contributed by atoms with Gasteiger partial charge in [0.2, 0.25) is 0 Å². The van der Waals surface area contributed by atoms with Gasteiger partial charge in [0.1, 0.15) is 0 Å². The zero-order valence-corrected chi connectivity index (χ0v) is 10.5. The van der Waals surface area contributed by atoms with E-state index >= 15 is 0 Å². The zero-order chi connectivity index (χ0) is 11.8. The molecule has 0 amide bonds. The van der Waals surface area contributed by atoms with Crippen LogP contribution in [0.5, 0.6) is 0 Å².